The highest BCUT2D eigenvalue weighted by atomic mass is 35.5. The third-order valence-corrected chi connectivity index (χ3v) is 4.24. The zero-order valence-corrected chi connectivity index (χ0v) is 18.5. The van der Waals surface area contributed by atoms with Crippen LogP contribution < -0.4 is 10.6 Å². The summed E-state index contributed by atoms with van der Waals surface area (Å²) in [4.78, 5) is 20.2. The van der Waals surface area contributed by atoms with E-state index < -0.39 is 11.7 Å². The van der Waals surface area contributed by atoms with E-state index in [1.165, 1.54) is 12.1 Å². The van der Waals surface area contributed by atoms with Crippen molar-refractivity contribution in [1.29, 1.82) is 0 Å². The Labute approximate surface area is 184 Å². The van der Waals surface area contributed by atoms with Crippen molar-refractivity contribution >= 4 is 35.0 Å². The van der Waals surface area contributed by atoms with Gasteiger partial charge >= 0.3 is 6.09 Å². The largest absolute Gasteiger partial charge is 0.444 e. The van der Waals surface area contributed by atoms with Crippen LogP contribution >= 0.6 is 11.6 Å². The molecule has 0 atom stereocenters. The van der Waals surface area contributed by atoms with Crippen LogP contribution in [0.3, 0.4) is 0 Å². The molecule has 0 aliphatic heterocycles. The number of ether oxygens (including phenoxy) is 1. The standard InChI is InChI=1S/C21H24ClFN6O2/c1-12-24-17(22)11-18(25-12)27-19-10-15(28-29-19)6-5-13-9-14(7-8-16(13)23)26-20(30)31-21(2,3)4/h7-11H,5-6H2,1-4H3,(H,26,30)(H2,24,25,27,28,29). The maximum Gasteiger partial charge on any atom is 0.412 e. The smallest absolute Gasteiger partial charge is 0.412 e. The first-order chi connectivity index (χ1) is 14.6. The second-order valence-electron chi connectivity index (χ2n) is 7.95. The van der Waals surface area contributed by atoms with Crippen LogP contribution in [0.15, 0.2) is 30.3 Å². The van der Waals surface area contributed by atoms with Crippen molar-refractivity contribution in [3.05, 3.63) is 58.4 Å². The Hall–Kier alpha value is -3.20. The fraction of sp³-hybridized carbons (Fsp3) is 0.333. The van der Waals surface area contributed by atoms with E-state index in [9.17, 15) is 9.18 Å². The average molecular weight is 447 g/mol. The first-order valence-corrected chi connectivity index (χ1v) is 10.1. The number of aryl methyl sites for hydroxylation is 3. The highest BCUT2D eigenvalue weighted by Crippen LogP contribution is 2.20. The molecule has 3 N–H and O–H groups in total. The lowest BCUT2D eigenvalue weighted by Crippen LogP contribution is -2.27. The van der Waals surface area contributed by atoms with E-state index in [4.69, 9.17) is 16.3 Å². The van der Waals surface area contributed by atoms with Crippen molar-refractivity contribution in [3.8, 4) is 0 Å². The van der Waals surface area contributed by atoms with Crippen molar-refractivity contribution in [2.24, 2.45) is 0 Å². The Kier molecular flexibility index (Phi) is 6.74. The summed E-state index contributed by atoms with van der Waals surface area (Å²) in [6.45, 7) is 7.07. The molecular formula is C21H24ClFN6O2. The predicted octanol–water partition coefficient (Wildman–Crippen LogP) is 5.18. The molecule has 3 rings (SSSR count). The molecule has 10 heteroatoms. The number of carbonyl (C=O) groups is 1. The molecule has 2 aromatic heterocycles. The summed E-state index contributed by atoms with van der Waals surface area (Å²) in [6.07, 6.45) is 0.306. The number of benzene rings is 1. The van der Waals surface area contributed by atoms with Gasteiger partial charge in [0.25, 0.3) is 0 Å². The van der Waals surface area contributed by atoms with Gasteiger partial charge in [-0.25, -0.2) is 19.2 Å². The molecule has 2 heterocycles. The number of nitrogens with zero attached hydrogens (tertiary/aromatic N) is 3. The van der Waals surface area contributed by atoms with E-state index in [0.717, 1.165) is 5.69 Å². The van der Waals surface area contributed by atoms with Crippen LogP contribution in [0.25, 0.3) is 0 Å². The van der Waals surface area contributed by atoms with Crippen molar-refractivity contribution in [1.82, 2.24) is 20.2 Å². The molecule has 8 nitrogen and oxygen atoms in total. The lowest BCUT2D eigenvalue weighted by molar-refractivity contribution is 0.0636. The lowest BCUT2D eigenvalue weighted by atomic mass is 10.1. The summed E-state index contributed by atoms with van der Waals surface area (Å²) in [5, 5.41) is 13.1. The Balaban J connectivity index is 1.61. The summed E-state index contributed by atoms with van der Waals surface area (Å²) < 4.78 is 19.5. The van der Waals surface area contributed by atoms with Crippen molar-refractivity contribution < 1.29 is 13.9 Å². The monoisotopic (exact) mass is 446 g/mol. The van der Waals surface area contributed by atoms with E-state index in [2.05, 4.69) is 30.8 Å². The number of hydrogen-bond acceptors (Lipinski definition) is 6. The quantitative estimate of drug-likeness (QED) is 0.451. The minimum Gasteiger partial charge on any atom is -0.444 e. The van der Waals surface area contributed by atoms with Crippen LogP contribution in [0.1, 0.15) is 37.9 Å². The fourth-order valence-electron chi connectivity index (χ4n) is 2.82. The van der Waals surface area contributed by atoms with Gasteiger partial charge in [-0.1, -0.05) is 11.6 Å². The summed E-state index contributed by atoms with van der Waals surface area (Å²) in [6, 6.07) is 7.82. The van der Waals surface area contributed by atoms with Gasteiger partial charge in [0.2, 0.25) is 0 Å². The van der Waals surface area contributed by atoms with Gasteiger partial charge in [0.1, 0.15) is 34.0 Å². The van der Waals surface area contributed by atoms with Gasteiger partial charge in [-0.15, -0.1) is 0 Å². The Morgan fingerprint density at radius 2 is 1.97 bits per heavy atom. The van der Waals surface area contributed by atoms with Crippen LogP contribution in [0.5, 0.6) is 0 Å². The molecule has 0 unspecified atom stereocenters. The normalized spacial score (nSPS) is 11.3. The van der Waals surface area contributed by atoms with Gasteiger partial charge in [-0.2, -0.15) is 5.10 Å². The molecule has 0 saturated heterocycles. The van der Waals surface area contributed by atoms with Gasteiger partial charge in [-0.3, -0.25) is 10.4 Å². The number of halogens is 2. The van der Waals surface area contributed by atoms with E-state index in [1.807, 2.05) is 6.07 Å². The summed E-state index contributed by atoms with van der Waals surface area (Å²) in [5.74, 6) is 1.37. The van der Waals surface area contributed by atoms with Gasteiger partial charge in [0, 0.05) is 17.8 Å². The number of anilines is 3. The van der Waals surface area contributed by atoms with Crippen molar-refractivity contribution in [2.75, 3.05) is 10.6 Å². The first kappa shape index (κ1) is 22.5. The molecule has 164 valence electrons. The maximum absolute atomic E-state index is 14.2. The van der Waals surface area contributed by atoms with E-state index in [0.29, 0.717) is 46.7 Å². The second kappa shape index (κ2) is 9.30. The molecule has 0 saturated carbocycles. The van der Waals surface area contributed by atoms with Gasteiger partial charge in [0.05, 0.1) is 5.69 Å². The highest BCUT2D eigenvalue weighted by Gasteiger charge is 2.16. The zero-order chi connectivity index (χ0) is 22.6. The Morgan fingerprint density at radius 1 is 1.19 bits per heavy atom. The number of carbonyl (C=O) groups excluding carboxylic acids is 1. The second-order valence-corrected chi connectivity index (χ2v) is 8.34. The molecule has 3 aromatic rings. The fourth-order valence-corrected chi connectivity index (χ4v) is 3.04. The van der Waals surface area contributed by atoms with Gasteiger partial charge in [0.15, 0.2) is 0 Å². The Morgan fingerprint density at radius 3 is 2.68 bits per heavy atom. The molecule has 31 heavy (non-hydrogen) atoms. The number of aromatic nitrogens is 4. The number of H-pyrrole nitrogens is 1. The SMILES string of the molecule is Cc1nc(Cl)cc(Nc2cc(CCc3cc(NC(=O)OC(C)(C)C)ccc3F)n[nH]2)n1. The molecule has 1 aromatic carbocycles. The Bertz CT molecular complexity index is 1060. The molecular weight excluding hydrogens is 423 g/mol. The summed E-state index contributed by atoms with van der Waals surface area (Å²) in [5.41, 5.74) is 1.05. The molecule has 0 radical (unpaired) electrons. The minimum atomic E-state index is -0.617. The summed E-state index contributed by atoms with van der Waals surface area (Å²) in [7, 11) is 0. The summed E-state index contributed by atoms with van der Waals surface area (Å²) >= 11 is 5.94. The predicted molar refractivity (Wildman–Crippen MR) is 117 cm³/mol. The van der Waals surface area contributed by atoms with E-state index >= 15 is 0 Å². The third-order valence-electron chi connectivity index (χ3n) is 4.04. The van der Waals surface area contributed by atoms with E-state index in [-0.39, 0.29) is 5.82 Å². The number of hydrogen-bond donors (Lipinski definition) is 3. The number of amides is 1. The zero-order valence-electron chi connectivity index (χ0n) is 17.7. The molecule has 0 aliphatic rings. The van der Waals surface area contributed by atoms with Crippen LogP contribution in [-0.4, -0.2) is 31.9 Å². The van der Waals surface area contributed by atoms with Crippen LogP contribution in [-0.2, 0) is 17.6 Å². The van der Waals surface area contributed by atoms with Gasteiger partial charge < -0.3 is 10.1 Å². The molecule has 0 aliphatic carbocycles. The minimum absolute atomic E-state index is 0.338. The van der Waals surface area contributed by atoms with Crippen molar-refractivity contribution in [3.63, 3.8) is 0 Å². The maximum atomic E-state index is 14.2. The van der Waals surface area contributed by atoms with E-state index in [1.54, 1.807) is 39.8 Å². The first-order valence-electron chi connectivity index (χ1n) is 9.68. The van der Waals surface area contributed by atoms with Crippen LogP contribution in [0, 0.1) is 12.7 Å². The highest BCUT2D eigenvalue weighted by molar-refractivity contribution is 6.29. The van der Waals surface area contributed by atoms with Crippen LogP contribution in [0.2, 0.25) is 5.15 Å². The van der Waals surface area contributed by atoms with Crippen molar-refractivity contribution in [2.45, 2.75) is 46.1 Å². The number of nitrogens with one attached hydrogen (secondary N) is 3. The average Bonchev–Trinajstić information content (AvgIpc) is 3.07. The third kappa shape index (κ3) is 6.92. The molecule has 0 spiro atoms. The topological polar surface area (TPSA) is 105 Å². The van der Waals surface area contributed by atoms with Gasteiger partial charge in [-0.05, 0) is 64.3 Å². The number of rotatable bonds is 6. The molecule has 0 fully saturated rings. The molecule has 0 bridgehead atoms. The van der Waals surface area contributed by atoms with Crippen LogP contribution in [0.4, 0.5) is 26.5 Å². The lowest BCUT2D eigenvalue weighted by Gasteiger charge is -2.19. The number of aromatic amines is 1. The molecule has 1 amide bonds.